The first-order valence-electron chi connectivity index (χ1n) is 10.1. The summed E-state index contributed by atoms with van der Waals surface area (Å²) in [6.45, 7) is -0.473. The van der Waals surface area contributed by atoms with Crippen LogP contribution in [0.15, 0.2) is 52.2 Å². The predicted molar refractivity (Wildman–Crippen MR) is 121 cm³/mol. The van der Waals surface area contributed by atoms with Crippen LogP contribution in [0.3, 0.4) is 0 Å². The van der Waals surface area contributed by atoms with Gasteiger partial charge in [0.25, 0.3) is 11.2 Å². The molecule has 1 aromatic carbocycles. The summed E-state index contributed by atoms with van der Waals surface area (Å²) < 4.78 is 59.4. The summed E-state index contributed by atoms with van der Waals surface area (Å²) in [6, 6.07) is 6.56. The molecule has 0 N–H and O–H groups in total. The first kappa shape index (κ1) is 28.7. The number of hydrogen-bond acceptors (Lipinski definition) is 8. The van der Waals surface area contributed by atoms with Crippen LogP contribution in [0, 0.1) is 10.1 Å². The monoisotopic (exact) mass is 528 g/mol. The van der Waals surface area contributed by atoms with E-state index in [0.717, 1.165) is 32.4 Å². The van der Waals surface area contributed by atoms with Crippen molar-refractivity contribution in [3.63, 3.8) is 0 Å². The minimum Gasteiger partial charge on any atom is -0.466 e. The number of pyridine rings is 1. The van der Waals surface area contributed by atoms with E-state index in [1.165, 1.54) is 18.3 Å². The summed E-state index contributed by atoms with van der Waals surface area (Å²) in [6.07, 6.45) is -3.75. The second kappa shape index (κ2) is 11.9. The number of esters is 1. The molecule has 0 atom stereocenters. The smallest absolute Gasteiger partial charge is 0.431 e. The molecule has 15 heteroatoms. The maximum atomic E-state index is 13.1. The molecule has 3 aromatic rings. The number of carbonyl (C=O) groups is 1. The van der Waals surface area contributed by atoms with Crippen molar-refractivity contribution in [2.24, 2.45) is 7.05 Å². The van der Waals surface area contributed by atoms with Crippen molar-refractivity contribution in [2.75, 3.05) is 20.9 Å². The Hall–Kier alpha value is -4.56. The Morgan fingerprint density at radius 1 is 1.14 bits per heavy atom. The number of aromatic nitrogens is 3. The molecule has 198 valence electrons. The number of alkyl halides is 4. The molecule has 0 saturated heterocycles. The molecule has 2 heterocycles. The van der Waals surface area contributed by atoms with Gasteiger partial charge in [0, 0.05) is 42.9 Å². The number of methoxy groups -OCH3 is 1. The van der Waals surface area contributed by atoms with Gasteiger partial charge in [-0.25, -0.2) is 19.1 Å². The molecular weight excluding hydrogens is 508 g/mol. The zero-order valence-electron chi connectivity index (χ0n) is 19.6. The zero-order valence-corrected chi connectivity index (χ0v) is 19.6. The molecule has 0 unspecified atom stereocenters. The van der Waals surface area contributed by atoms with Gasteiger partial charge < -0.3 is 9.47 Å². The Bertz CT molecular complexity index is 1420. The van der Waals surface area contributed by atoms with Gasteiger partial charge in [-0.15, -0.1) is 0 Å². The number of halogens is 4. The van der Waals surface area contributed by atoms with Gasteiger partial charge in [0.15, 0.2) is 6.61 Å². The summed E-state index contributed by atoms with van der Waals surface area (Å²) in [7, 11) is 2.52. The minimum atomic E-state index is -4.94. The molecule has 0 aliphatic heterocycles. The van der Waals surface area contributed by atoms with Gasteiger partial charge >= 0.3 is 17.8 Å². The lowest BCUT2D eigenvalue weighted by Gasteiger charge is -2.15. The number of ether oxygens (including phenoxy) is 2. The largest absolute Gasteiger partial charge is 0.466 e. The van der Waals surface area contributed by atoms with E-state index in [-0.39, 0.29) is 39.9 Å². The Balaban J connectivity index is 0.00000235. The Labute approximate surface area is 205 Å². The molecule has 0 aliphatic carbocycles. The van der Waals surface area contributed by atoms with Gasteiger partial charge in [0.2, 0.25) is 5.88 Å². The number of nitrogens with zero attached hydrogens (tertiary/aromatic N) is 4. The van der Waals surface area contributed by atoms with Crippen molar-refractivity contribution in [2.45, 2.75) is 12.6 Å². The minimum absolute atomic E-state index is 0.0114. The van der Waals surface area contributed by atoms with E-state index in [2.05, 4.69) is 9.72 Å². The van der Waals surface area contributed by atoms with Gasteiger partial charge in [0.05, 0.1) is 24.9 Å². The average Bonchev–Trinajstić information content (AvgIpc) is 2.86. The van der Waals surface area contributed by atoms with E-state index in [1.54, 1.807) is 0 Å². The predicted octanol–water partition coefficient (Wildman–Crippen LogP) is 2.59. The fraction of sp³-hybridized carbons (Fsp3) is 0.273. The van der Waals surface area contributed by atoms with Gasteiger partial charge in [-0.3, -0.25) is 23.9 Å². The van der Waals surface area contributed by atoms with Crippen LogP contribution in [0.5, 0.6) is 5.88 Å². The molecule has 2 aromatic heterocycles. The average molecular weight is 528 g/mol. The molecule has 0 bridgehead atoms. The van der Waals surface area contributed by atoms with E-state index in [1.807, 2.05) is 0 Å². The second-order valence-electron chi connectivity index (χ2n) is 7.12. The fourth-order valence-electron chi connectivity index (χ4n) is 3.25. The lowest BCUT2D eigenvalue weighted by atomic mass is 10.0. The number of carbonyl (C=O) groups excluding carboxylic acids is 1. The van der Waals surface area contributed by atoms with Crippen molar-refractivity contribution in [3.05, 3.63) is 90.4 Å². The fourth-order valence-corrected chi connectivity index (χ4v) is 3.25. The normalized spacial score (nSPS) is 10.8. The molecular formula is C22H20F4N4O7. The summed E-state index contributed by atoms with van der Waals surface area (Å²) in [5.41, 5.74) is -4.20. The second-order valence-corrected chi connectivity index (χ2v) is 7.12. The number of nitro groups is 1. The van der Waals surface area contributed by atoms with Crippen LogP contribution in [0.4, 0.5) is 23.2 Å². The molecule has 0 aliphatic rings. The van der Waals surface area contributed by atoms with Gasteiger partial charge in [-0.05, 0) is 18.2 Å². The van der Waals surface area contributed by atoms with Crippen LogP contribution in [-0.2, 0) is 29.2 Å². The molecule has 0 saturated carbocycles. The van der Waals surface area contributed by atoms with Gasteiger partial charge in [0.1, 0.15) is 5.69 Å². The topological polar surface area (TPSA) is 136 Å². The van der Waals surface area contributed by atoms with Crippen molar-refractivity contribution >= 4 is 11.7 Å². The number of rotatable bonds is 7. The first-order valence-corrected chi connectivity index (χ1v) is 10.1. The van der Waals surface area contributed by atoms with E-state index in [4.69, 9.17) is 4.74 Å². The van der Waals surface area contributed by atoms with Crippen LogP contribution in [0.2, 0.25) is 0 Å². The van der Waals surface area contributed by atoms with Crippen molar-refractivity contribution < 1.29 is 36.8 Å². The van der Waals surface area contributed by atoms with Gasteiger partial charge in [-0.2, -0.15) is 13.2 Å². The van der Waals surface area contributed by atoms with Crippen molar-refractivity contribution in [1.82, 2.24) is 14.1 Å². The summed E-state index contributed by atoms with van der Waals surface area (Å²) >= 11 is 0. The number of hydrogen-bond donors (Lipinski definition) is 0. The van der Waals surface area contributed by atoms with Crippen LogP contribution in [0.1, 0.15) is 16.8 Å². The molecule has 0 fully saturated rings. The van der Waals surface area contributed by atoms with Gasteiger partial charge in [-0.1, -0.05) is 6.07 Å². The number of nitro benzene ring substituents is 1. The first-order chi connectivity index (χ1) is 17.4. The third-order valence-corrected chi connectivity index (χ3v) is 4.91. The maximum absolute atomic E-state index is 13.1. The van der Waals surface area contributed by atoms with E-state index < -0.39 is 40.6 Å². The number of benzene rings is 1. The molecule has 3 rings (SSSR count). The molecule has 37 heavy (non-hydrogen) atoms. The third kappa shape index (κ3) is 6.56. The summed E-state index contributed by atoms with van der Waals surface area (Å²) in [5, 5.41) is 11.6. The van der Waals surface area contributed by atoms with E-state index >= 15 is 0 Å². The van der Waals surface area contributed by atoms with Crippen molar-refractivity contribution in [3.8, 4) is 11.6 Å². The SMILES string of the molecule is CF.COC(=O)COc1ncccc1Cc1cc(-n2c(=O)cc(C(F)(F)F)n(C)c2=O)ccc1[N+](=O)[O-]. The Morgan fingerprint density at radius 3 is 2.41 bits per heavy atom. The standard InChI is InChI=1S/C21H17F3N4O7.CH3F/c1-26-16(21(22,23)24)10-17(29)27(20(26)31)14-5-6-15(28(32)33)13(9-14)8-12-4-3-7-25-19(12)35-11-18(30)34-2;1-2/h3-7,9-10H,8,11H2,1-2H3;1H3. The van der Waals surface area contributed by atoms with Crippen LogP contribution < -0.4 is 16.0 Å². The van der Waals surface area contributed by atoms with E-state index in [0.29, 0.717) is 17.3 Å². The Morgan fingerprint density at radius 2 is 1.81 bits per heavy atom. The van der Waals surface area contributed by atoms with Crippen LogP contribution >= 0.6 is 0 Å². The lowest BCUT2D eigenvalue weighted by Crippen LogP contribution is -2.40. The zero-order chi connectivity index (χ0) is 27.9. The Kier molecular flexibility index (Phi) is 9.24. The highest BCUT2D eigenvalue weighted by atomic mass is 19.4. The summed E-state index contributed by atoms with van der Waals surface area (Å²) in [5.74, 6) is -0.702. The van der Waals surface area contributed by atoms with Crippen molar-refractivity contribution in [1.29, 1.82) is 0 Å². The third-order valence-electron chi connectivity index (χ3n) is 4.91. The summed E-state index contributed by atoms with van der Waals surface area (Å²) in [4.78, 5) is 51.3. The maximum Gasteiger partial charge on any atom is 0.431 e. The molecule has 0 amide bonds. The highest BCUT2D eigenvalue weighted by molar-refractivity contribution is 5.70. The lowest BCUT2D eigenvalue weighted by molar-refractivity contribution is -0.385. The molecule has 11 nitrogen and oxygen atoms in total. The van der Waals surface area contributed by atoms with Crippen LogP contribution in [0.25, 0.3) is 5.69 Å². The quantitative estimate of drug-likeness (QED) is 0.198. The molecule has 0 spiro atoms. The van der Waals surface area contributed by atoms with Crippen LogP contribution in [-0.4, -0.2) is 45.9 Å². The molecule has 0 radical (unpaired) electrons. The highest BCUT2D eigenvalue weighted by Crippen LogP contribution is 2.28. The van der Waals surface area contributed by atoms with E-state index in [9.17, 15) is 42.1 Å². The highest BCUT2D eigenvalue weighted by Gasteiger charge is 2.35.